The Kier molecular flexibility index (Phi) is 6.39. The number of carbonyl (C=O) groups excluding carboxylic acids is 2. The van der Waals surface area contributed by atoms with Crippen molar-refractivity contribution in [2.45, 2.75) is 19.3 Å². The van der Waals surface area contributed by atoms with Gasteiger partial charge in [-0.25, -0.2) is 0 Å². The van der Waals surface area contributed by atoms with E-state index in [0.717, 1.165) is 11.1 Å². The van der Waals surface area contributed by atoms with Crippen LogP contribution in [0.15, 0.2) is 53.1 Å². The van der Waals surface area contributed by atoms with Crippen molar-refractivity contribution in [1.29, 1.82) is 0 Å². The number of carbonyl (C=O) groups is 2. The Bertz CT molecular complexity index is 952. The summed E-state index contributed by atoms with van der Waals surface area (Å²) >= 11 is 5.87. The summed E-state index contributed by atoms with van der Waals surface area (Å²) in [4.78, 5) is 27.8. The molecule has 144 valence electrons. The van der Waals surface area contributed by atoms with E-state index in [1.165, 1.54) is 0 Å². The molecule has 0 spiro atoms. The zero-order valence-corrected chi connectivity index (χ0v) is 16.0. The Hall–Kier alpha value is -3.19. The Morgan fingerprint density at radius 3 is 2.43 bits per heavy atom. The SMILES string of the molecule is CNC(=O)Cc1ccc(NC(=O)CCc2nc(-c3ccc(Cl)cc3)no2)cc1. The Labute approximate surface area is 167 Å². The minimum atomic E-state index is -0.162. The highest BCUT2D eigenvalue weighted by Gasteiger charge is 2.11. The van der Waals surface area contributed by atoms with Crippen LogP contribution in [0.2, 0.25) is 5.02 Å². The Morgan fingerprint density at radius 2 is 1.75 bits per heavy atom. The maximum atomic E-state index is 12.1. The lowest BCUT2D eigenvalue weighted by Gasteiger charge is -2.06. The number of aryl methyl sites for hydroxylation is 1. The summed E-state index contributed by atoms with van der Waals surface area (Å²) in [6.45, 7) is 0. The maximum Gasteiger partial charge on any atom is 0.227 e. The standard InChI is InChI=1S/C20H19ClN4O3/c1-22-18(27)12-13-2-8-16(9-3-13)23-17(26)10-11-19-24-20(25-28-19)14-4-6-15(21)7-5-14/h2-9H,10-12H2,1H3,(H,22,27)(H,23,26). The van der Waals surface area contributed by atoms with Crippen LogP contribution < -0.4 is 10.6 Å². The van der Waals surface area contributed by atoms with Crippen molar-refractivity contribution in [2.24, 2.45) is 0 Å². The third-order valence-electron chi connectivity index (χ3n) is 4.02. The topological polar surface area (TPSA) is 97.1 Å². The van der Waals surface area contributed by atoms with Crippen molar-refractivity contribution < 1.29 is 14.1 Å². The van der Waals surface area contributed by atoms with Gasteiger partial charge >= 0.3 is 0 Å². The van der Waals surface area contributed by atoms with Gasteiger partial charge in [-0.15, -0.1) is 0 Å². The molecule has 1 aromatic heterocycles. The van der Waals surface area contributed by atoms with Gasteiger partial charge in [-0.3, -0.25) is 9.59 Å². The molecular weight excluding hydrogens is 380 g/mol. The van der Waals surface area contributed by atoms with Gasteiger partial charge in [-0.2, -0.15) is 4.98 Å². The molecule has 0 aliphatic carbocycles. The zero-order chi connectivity index (χ0) is 19.9. The number of nitrogens with zero attached hydrogens (tertiary/aromatic N) is 2. The van der Waals surface area contributed by atoms with E-state index in [0.29, 0.717) is 35.3 Å². The molecule has 1 heterocycles. The molecule has 3 rings (SSSR count). The molecule has 0 fully saturated rings. The second-order valence-electron chi connectivity index (χ2n) is 6.11. The first-order chi connectivity index (χ1) is 13.5. The summed E-state index contributed by atoms with van der Waals surface area (Å²) in [6, 6.07) is 14.3. The molecule has 28 heavy (non-hydrogen) atoms. The summed E-state index contributed by atoms with van der Waals surface area (Å²) in [6.07, 6.45) is 0.848. The van der Waals surface area contributed by atoms with Crippen LogP contribution in [0.4, 0.5) is 5.69 Å². The van der Waals surface area contributed by atoms with E-state index in [1.807, 2.05) is 0 Å². The van der Waals surface area contributed by atoms with Crippen LogP contribution in [0.25, 0.3) is 11.4 Å². The first-order valence-electron chi connectivity index (χ1n) is 8.71. The van der Waals surface area contributed by atoms with Crippen LogP contribution in [0.1, 0.15) is 17.9 Å². The first kappa shape index (κ1) is 19.6. The third-order valence-corrected chi connectivity index (χ3v) is 4.27. The molecule has 0 aliphatic rings. The lowest BCUT2D eigenvalue weighted by molar-refractivity contribution is -0.120. The average Bonchev–Trinajstić information content (AvgIpc) is 3.17. The van der Waals surface area contributed by atoms with Gasteiger partial charge in [0.15, 0.2) is 0 Å². The van der Waals surface area contributed by atoms with Crippen LogP contribution in [0, 0.1) is 0 Å². The van der Waals surface area contributed by atoms with Gasteiger partial charge in [-0.05, 0) is 42.0 Å². The molecule has 0 bridgehead atoms. The second kappa shape index (κ2) is 9.14. The molecule has 3 aromatic rings. The van der Waals surface area contributed by atoms with Gasteiger partial charge in [0.2, 0.25) is 23.5 Å². The van der Waals surface area contributed by atoms with Crippen LogP contribution >= 0.6 is 11.6 Å². The highest BCUT2D eigenvalue weighted by molar-refractivity contribution is 6.30. The summed E-state index contributed by atoms with van der Waals surface area (Å²) in [5, 5.41) is 9.94. The largest absolute Gasteiger partial charge is 0.359 e. The van der Waals surface area contributed by atoms with Gasteiger partial charge in [0.05, 0.1) is 6.42 Å². The summed E-state index contributed by atoms with van der Waals surface area (Å²) < 4.78 is 5.20. The van der Waals surface area contributed by atoms with Crippen molar-refractivity contribution in [1.82, 2.24) is 15.5 Å². The van der Waals surface area contributed by atoms with Crippen molar-refractivity contribution in [3.63, 3.8) is 0 Å². The van der Waals surface area contributed by atoms with E-state index in [2.05, 4.69) is 20.8 Å². The molecule has 2 aromatic carbocycles. The predicted octanol–water partition coefficient (Wildman–Crippen LogP) is 3.25. The molecule has 0 unspecified atom stereocenters. The van der Waals surface area contributed by atoms with Gasteiger partial charge in [0.1, 0.15) is 0 Å². The Balaban J connectivity index is 1.50. The number of nitrogens with one attached hydrogen (secondary N) is 2. The number of anilines is 1. The van der Waals surface area contributed by atoms with Gasteiger partial charge in [-0.1, -0.05) is 28.9 Å². The molecule has 2 amide bonds. The number of hydrogen-bond donors (Lipinski definition) is 2. The fourth-order valence-corrected chi connectivity index (χ4v) is 2.62. The van der Waals surface area contributed by atoms with Gasteiger partial charge < -0.3 is 15.2 Å². The average molecular weight is 399 g/mol. The molecule has 0 saturated carbocycles. The maximum absolute atomic E-state index is 12.1. The number of halogens is 1. The molecule has 0 saturated heterocycles. The second-order valence-corrected chi connectivity index (χ2v) is 6.55. The summed E-state index contributed by atoms with van der Waals surface area (Å²) in [5.74, 6) is 0.624. The fourth-order valence-electron chi connectivity index (χ4n) is 2.50. The molecule has 2 N–H and O–H groups in total. The number of amides is 2. The van der Waals surface area contributed by atoms with Crippen molar-refractivity contribution in [3.05, 3.63) is 65.0 Å². The normalized spacial score (nSPS) is 10.5. The van der Waals surface area contributed by atoms with E-state index < -0.39 is 0 Å². The molecule has 8 heteroatoms. The van der Waals surface area contributed by atoms with E-state index in [-0.39, 0.29) is 18.2 Å². The van der Waals surface area contributed by atoms with E-state index in [1.54, 1.807) is 55.6 Å². The zero-order valence-electron chi connectivity index (χ0n) is 15.2. The monoisotopic (exact) mass is 398 g/mol. The van der Waals surface area contributed by atoms with Crippen LogP contribution in [0.3, 0.4) is 0 Å². The lowest BCUT2D eigenvalue weighted by Crippen LogP contribution is -2.19. The quantitative estimate of drug-likeness (QED) is 0.636. The minimum absolute atomic E-state index is 0.0608. The van der Waals surface area contributed by atoms with Gasteiger partial charge in [0, 0.05) is 36.2 Å². The van der Waals surface area contributed by atoms with Crippen molar-refractivity contribution in [2.75, 3.05) is 12.4 Å². The highest BCUT2D eigenvalue weighted by Crippen LogP contribution is 2.19. The molecule has 0 radical (unpaired) electrons. The number of rotatable bonds is 7. The van der Waals surface area contributed by atoms with E-state index in [9.17, 15) is 9.59 Å². The van der Waals surface area contributed by atoms with Crippen LogP contribution in [-0.4, -0.2) is 29.0 Å². The number of benzene rings is 2. The van der Waals surface area contributed by atoms with E-state index >= 15 is 0 Å². The number of aromatic nitrogens is 2. The molecular formula is C20H19ClN4O3. The van der Waals surface area contributed by atoms with Crippen LogP contribution in [-0.2, 0) is 22.4 Å². The van der Waals surface area contributed by atoms with Crippen LogP contribution in [0.5, 0.6) is 0 Å². The minimum Gasteiger partial charge on any atom is -0.359 e. The summed E-state index contributed by atoms with van der Waals surface area (Å²) in [5.41, 5.74) is 2.33. The van der Waals surface area contributed by atoms with E-state index in [4.69, 9.17) is 16.1 Å². The summed E-state index contributed by atoms with van der Waals surface area (Å²) in [7, 11) is 1.60. The third kappa shape index (κ3) is 5.40. The fraction of sp³-hybridized carbons (Fsp3) is 0.200. The predicted molar refractivity (Wildman–Crippen MR) is 106 cm³/mol. The lowest BCUT2D eigenvalue weighted by atomic mass is 10.1. The van der Waals surface area contributed by atoms with Crippen molar-refractivity contribution >= 4 is 29.1 Å². The first-order valence-corrected chi connectivity index (χ1v) is 9.09. The number of hydrogen-bond acceptors (Lipinski definition) is 5. The molecule has 0 atom stereocenters. The smallest absolute Gasteiger partial charge is 0.227 e. The molecule has 7 nitrogen and oxygen atoms in total. The Morgan fingerprint density at radius 1 is 1.04 bits per heavy atom. The van der Waals surface area contributed by atoms with Crippen molar-refractivity contribution in [3.8, 4) is 11.4 Å². The van der Waals surface area contributed by atoms with Gasteiger partial charge in [0.25, 0.3) is 0 Å². The molecule has 0 aliphatic heterocycles. The highest BCUT2D eigenvalue weighted by atomic mass is 35.5. The number of likely N-dealkylation sites (N-methyl/N-ethyl adjacent to an activating group) is 1.